The van der Waals surface area contributed by atoms with E-state index in [2.05, 4.69) is 28.8 Å². The van der Waals surface area contributed by atoms with E-state index in [0.717, 1.165) is 15.4 Å². The lowest BCUT2D eigenvalue weighted by Gasteiger charge is -2.31. The number of aliphatic hydroxyl groups is 2. The van der Waals surface area contributed by atoms with Crippen LogP contribution in [0.1, 0.15) is 128 Å². The number of hydrogen-bond donors (Lipinski definition) is 5. The second-order valence-corrected chi connectivity index (χ2v) is 23.0. The lowest BCUT2D eigenvalue weighted by molar-refractivity contribution is -0.137. The number of Topliss-reactive ketones (excluding diaryl/α,β-unsaturated/α-hetero) is 2. The van der Waals surface area contributed by atoms with Gasteiger partial charge in [-0.1, -0.05) is 68.8 Å². The quantitative estimate of drug-likeness (QED) is 0.0278. The van der Waals surface area contributed by atoms with Gasteiger partial charge in [0.2, 0.25) is 5.91 Å². The molecule has 6 N–H and O–H groups in total. The molecule has 0 aromatic heterocycles. The lowest BCUT2D eigenvalue weighted by atomic mass is 9.88. The molecule has 5 aliphatic rings. The predicted molar refractivity (Wildman–Crippen MR) is 320 cm³/mol. The van der Waals surface area contributed by atoms with Gasteiger partial charge < -0.3 is 55.3 Å². The van der Waals surface area contributed by atoms with Crippen LogP contribution < -0.4 is 35.5 Å². The van der Waals surface area contributed by atoms with Crippen molar-refractivity contribution in [2.45, 2.75) is 135 Å². The number of carbonyl (C=O) groups excluding carboxylic acids is 9. The van der Waals surface area contributed by atoms with Crippen molar-refractivity contribution in [3.05, 3.63) is 113 Å². The van der Waals surface area contributed by atoms with Crippen molar-refractivity contribution >= 4 is 70.8 Å². The average Bonchev–Trinajstić information content (AvgIpc) is 1.70. The van der Waals surface area contributed by atoms with Crippen molar-refractivity contribution in [1.82, 2.24) is 25.3 Å². The van der Waals surface area contributed by atoms with E-state index in [1.54, 1.807) is 47.5 Å². The van der Waals surface area contributed by atoms with E-state index in [-0.39, 0.29) is 129 Å². The normalized spacial score (nSPS) is 18.4. The summed E-state index contributed by atoms with van der Waals surface area (Å²) in [6, 6.07) is 10.2. The number of primary amides is 1. The molecule has 8 rings (SSSR count). The molecule has 2 fully saturated rings. The number of amides is 8. The van der Waals surface area contributed by atoms with E-state index in [1.165, 1.54) is 36.3 Å². The molecule has 23 heteroatoms. The predicted octanol–water partition coefficient (Wildman–Crippen LogP) is 6.31. The molecule has 3 aromatic rings. The van der Waals surface area contributed by atoms with Crippen LogP contribution in [0.15, 0.2) is 90.0 Å². The lowest BCUT2D eigenvalue weighted by Crippen LogP contribution is -2.50. The number of rotatable bonds is 30. The van der Waals surface area contributed by atoms with E-state index in [1.807, 2.05) is 13.8 Å². The number of carbonyl (C=O) groups is 9. The van der Waals surface area contributed by atoms with Gasteiger partial charge in [-0.2, -0.15) is 0 Å². The highest BCUT2D eigenvalue weighted by molar-refractivity contribution is 6.13. The van der Waals surface area contributed by atoms with Gasteiger partial charge in [-0.3, -0.25) is 43.5 Å². The molecule has 0 radical (unpaired) electrons. The molecule has 5 aliphatic heterocycles. The second-order valence-electron chi connectivity index (χ2n) is 23.0. The number of unbranched alkanes of at least 4 members (excludes halogenated alkanes) is 4. The number of methoxy groups -OCH3 is 1. The summed E-state index contributed by atoms with van der Waals surface area (Å²) in [7, 11) is 1.51. The third-order valence-electron chi connectivity index (χ3n) is 16.2. The van der Waals surface area contributed by atoms with Crippen molar-refractivity contribution in [2.75, 3.05) is 51.4 Å². The van der Waals surface area contributed by atoms with Crippen LogP contribution in [-0.4, -0.2) is 155 Å². The van der Waals surface area contributed by atoms with Gasteiger partial charge in [0.1, 0.15) is 18.1 Å². The number of benzene rings is 3. The molecule has 87 heavy (non-hydrogen) atoms. The largest absolute Gasteiger partial charge is 0.493 e. The number of urea groups is 1. The summed E-state index contributed by atoms with van der Waals surface area (Å²) in [5, 5.41) is 27.9. The molecule has 23 nitrogen and oxygen atoms in total. The summed E-state index contributed by atoms with van der Waals surface area (Å²) in [6.45, 7) is 12.5. The Balaban J connectivity index is 0.864. The highest BCUT2D eigenvalue weighted by Gasteiger charge is 2.46. The smallest absolute Gasteiger partial charge is 0.416 e. The zero-order chi connectivity index (χ0) is 62.5. The summed E-state index contributed by atoms with van der Waals surface area (Å²) in [5.74, 6) is -2.18. The number of fused-ring (bicyclic) bond motifs is 4. The topological polar surface area (TPSA) is 306 Å². The number of aliphatic hydroxyl groups excluding tert-OH is 2. The molecule has 464 valence electrons. The van der Waals surface area contributed by atoms with Crippen LogP contribution in [0, 0.1) is 11.8 Å². The van der Waals surface area contributed by atoms with Gasteiger partial charge in [0.25, 0.3) is 23.6 Å². The number of imide groups is 1. The van der Waals surface area contributed by atoms with E-state index < -0.39 is 54.8 Å². The molecule has 5 atom stereocenters. The minimum atomic E-state index is -1.56. The molecule has 1 unspecified atom stereocenters. The van der Waals surface area contributed by atoms with Gasteiger partial charge in [0, 0.05) is 87.4 Å². The van der Waals surface area contributed by atoms with Crippen molar-refractivity contribution < 1.29 is 72.3 Å². The average molecular weight is 1200 g/mol. The van der Waals surface area contributed by atoms with Crippen molar-refractivity contribution in [3.63, 3.8) is 0 Å². The summed E-state index contributed by atoms with van der Waals surface area (Å²) >= 11 is 0. The van der Waals surface area contributed by atoms with E-state index >= 15 is 0 Å². The maximum atomic E-state index is 14.3. The van der Waals surface area contributed by atoms with Gasteiger partial charge in [-0.25, -0.2) is 14.5 Å². The fourth-order valence-electron chi connectivity index (χ4n) is 11.4. The van der Waals surface area contributed by atoms with Crippen LogP contribution in [0.25, 0.3) is 0 Å². The molecule has 2 saturated heterocycles. The maximum Gasteiger partial charge on any atom is 0.416 e. The van der Waals surface area contributed by atoms with Gasteiger partial charge in [0.15, 0.2) is 23.5 Å². The molecule has 8 amide bonds. The Labute approximate surface area is 505 Å². The van der Waals surface area contributed by atoms with Crippen LogP contribution in [0.5, 0.6) is 17.2 Å². The zero-order valence-corrected chi connectivity index (χ0v) is 49.6. The first-order valence-corrected chi connectivity index (χ1v) is 29.6. The third kappa shape index (κ3) is 16.0. The van der Waals surface area contributed by atoms with Crippen molar-refractivity contribution in [2.24, 2.45) is 22.6 Å². The van der Waals surface area contributed by atoms with Crippen LogP contribution in [-0.2, 0) is 48.3 Å². The Morgan fingerprint density at radius 3 is 2.15 bits per heavy atom. The molecule has 0 spiro atoms. The first kappa shape index (κ1) is 64.3. The number of anilines is 1. The van der Waals surface area contributed by atoms with Crippen LogP contribution in [0.3, 0.4) is 0 Å². The fraction of sp³-hybridized carbons (Fsp3) is 0.469. The Hall–Kier alpha value is -8.70. The number of nitrogens with zero attached hydrogens (tertiary/aromatic N) is 5. The standard InChI is InChI=1S/C64H78N8O15/c1-38(2)46(29-45(74)13-8-6-9-22-69-57(76)19-20-58(69)77)59(78)68-49(14-12-21-66-63(65)82)53(75)27-41-15-17-42(18-16-41)37-87-64(83)72-51-32-54(43(36-73)28-48(51)61(80)71-35-40(4)26-52(71)62(72)81)85-23-10-7-11-24-86-56-31-50-47(30-55(56)84-5)60(79)70-34-39(3)25-44(70)33-67-50/h15-20,28,30-33,38,44,46,49,52,62,73,81H,3-4,6-14,21-27,29,34-37H2,1-2,5H3,(H,68,78)(H3,65,66,82)/t44-,46-,49-,52-,62?/m0/s1. The summed E-state index contributed by atoms with van der Waals surface area (Å²) in [4.78, 5) is 128. The molecule has 5 heterocycles. The number of ether oxygens (including phenoxy) is 4. The molecule has 0 saturated carbocycles. The molecular weight excluding hydrogens is 1120 g/mol. The highest BCUT2D eigenvalue weighted by atomic mass is 16.6. The highest BCUT2D eigenvalue weighted by Crippen LogP contribution is 2.41. The Bertz CT molecular complexity index is 3190. The molecule has 3 aromatic carbocycles. The number of nitrogens with one attached hydrogen (secondary N) is 2. The van der Waals surface area contributed by atoms with E-state index in [9.17, 15) is 53.4 Å². The number of hydrogen-bond acceptors (Lipinski definition) is 16. The molecule has 0 aliphatic carbocycles. The molecular formula is C64H78N8O15. The number of ketones is 2. The Morgan fingerprint density at radius 2 is 1.46 bits per heavy atom. The van der Waals surface area contributed by atoms with E-state index in [0.29, 0.717) is 104 Å². The van der Waals surface area contributed by atoms with Gasteiger partial charge in [0.05, 0.1) is 67.6 Å². The molecule has 0 bridgehead atoms. The van der Waals surface area contributed by atoms with Crippen LogP contribution in [0.4, 0.5) is 21.0 Å². The number of aliphatic imine (C=N–C) groups is 1. The van der Waals surface area contributed by atoms with Crippen LogP contribution >= 0.6 is 0 Å². The Morgan fingerprint density at radius 1 is 0.793 bits per heavy atom. The van der Waals surface area contributed by atoms with Crippen molar-refractivity contribution in [3.8, 4) is 17.2 Å². The maximum absolute atomic E-state index is 14.3. The summed E-state index contributed by atoms with van der Waals surface area (Å²) < 4.78 is 23.7. The minimum Gasteiger partial charge on any atom is -0.493 e. The number of nitrogens with two attached hydrogens (primary N) is 1. The van der Waals surface area contributed by atoms with Crippen molar-refractivity contribution in [1.29, 1.82) is 0 Å². The monoisotopic (exact) mass is 1200 g/mol. The van der Waals surface area contributed by atoms with E-state index in [4.69, 9.17) is 24.7 Å². The van der Waals surface area contributed by atoms with Gasteiger partial charge >= 0.3 is 12.1 Å². The minimum absolute atomic E-state index is 0.0229. The fourth-order valence-corrected chi connectivity index (χ4v) is 11.4. The second kappa shape index (κ2) is 29.6. The SMILES string of the molecule is C=C1C[C@H]2C=Nc3cc(OCCCCCOc4cc5c(cc4CO)C(=O)N4CC(=C)C[C@H]4C(O)N5C(=O)OCc4ccc(CC(=O)[C@H](CCCNC(N)=O)NC(=O)[C@@H](CC(=O)CCCCCN5C(=O)C=CC5=O)C(C)C)cc4)c(OC)cc3C(=O)N2C1. The van der Waals surface area contributed by atoms with Gasteiger partial charge in [-0.15, -0.1) is 0 Å². The Kier molecular flexibility index (Phi) is 21.9. The summed E-state index contributed by atoms with van der Waals surface area (Å²) in [5.41, 5.74) is 9.29. The first-order chi connectivity index (χ1) is 41.7. The summed E-state index contributed by atoms with van der Waals surface area (Å²) in [6.07, 6.45) is 6.60. The van der Waals surface area contributed by atoms with Crippen LogP contribution in [0.2, 0.25) is 0 Å². The zero-order valence-electron chi connectivity index (χ0n) is 49.6. The van der Waals surface area contributed by atoms with Gasteiger partial charge in [-0.05, 0) is 87.0 Å². The third-order valence-corrected chi connectivity index (χ3v) is 16.2. The first-order valence-electron chi connectivity index (χ1n) is 29.6.